The van der Waals surface area contributed by atoms with Crippen LogP contribution in [0.2, 0.25) is 0 Å². The second-order valence-electron chi connectivity index (χ2n) is 6.10. The van der Waals surface area contributed by atoms with Crippen LogP contribution < -0.4 is 10.6 Å². The van der Waals surface area contributed by atoms with Crippen molar-refractivity contribution in [3.8, 4) is 0 Å². The number of amides is 1. The number of aromatic nitrogens is 1. The molecule has 126 valence electrons. The fourth-order valence-electron chi connectivity index (χ4n) is 2.67. The van der Waals surface area contributed by atoms with Gasteiger partial charge in [0, 0.05) is 12.2 Å². The van der Waals surface area contributed by atoms with E-state index in [0.717, 1.165) is 29.0 Å². The Bertz CT molecular complexity index is 838. The van der Waals surface area contributed by atoms with Crippen molar-refractivity contribution in [3.63, 3.8) is 0 Å². The minimum absolute atomic E-state index is 0.209. The summed E-state index contributed by atoms with van der Waals surface area (Å²) in [4.78, 5) is 16.6. The second kappa shape index (κ2) is 7.62. The van der Waals surface area contributed by atoms with Gasteiger partial charge in [-0.3, -0.25) is 4.79 Å². The molecule has 0 unspecified atom stereocenters. The van der Waals surface area contributed by atoms with E-state index in [1.54, 1.807) is 12.3 Å². The summed E-state index contributed by atoms with van der Waals surface area (Å²) in [6, 6.07) is 19.7. The van der Waals surface area contributed by atoms with Crippen molar-refractivity contribution in [2.24, 2.45) is 0 Å². The molecule has 2 N–H and O–H groups in total. The predicted octanol–water partition coefficient (Wildman–Crippen LogP) is 4.56. The Kier molecular flexibility index (Phi) is 5.09. The zero-order chi connectivity index (χ0) is 17.6. The van der Waals surface area contributed by atoms with Gasteiger partial charge in [-0.1, -0.05) is 36.4 Å². The van der Waals surface area contributed by atoms with Crippen LogP contribution in [0.3, 0.4) is 0 Å². The van der Waals surface area contributed by atoms with E-state index < -0.39 is 0 Å². The number of carbonyl (C=O) groups is 1. The first-order chi connectivity index (χ1) is 12.1. The third kappa shape index (κ3) is 4.67. The van der Waals surface area contributed by atoms with Gasteiger partial charge >= 0.3 is 0 Å². The highest BCUT2D eigenvalue weighted by Gasteiger charge is 2.08. The van der Waals surface area contributed by atoms with Crippen molar-refractivity contribution < 1.29 is 4.79 Å². The van der Waals surface area contributed by atoms with E-state index in [9.17, 15) is 4.79 Å². The van der Waals surface area contributed by atoms with Crippen molar-refractivity contribution in [2.45, 2.75) is 20.4 Å². The highest BCUT2D eigenvalue weighted by molar-refractivity contribution is 6.03. The molecular weight excluding hydrogens is 310 g/mol. The Morgan fingerprint density at radius 3 is 2.28 bits per heavy atom. The number of pyridine rings is 1. The van der Waals surface area contributed by atoms with E-state index in [1.165, 1.54) is 5.56 Å². The van der Waals surface area contributed by atoms with Crippen LogP contribution in [-0.2, 0) is 6.54 Å². The molecule has 4 heteroatoms. The Hall–Kier alpha value is -3.14. The SMILES string of the molecule is Cc1cc(C)cc(NC(=O)c2ccc(NCc3ccccc3)cn2)c1. The zero-order valence-corrected chi connectivity index (χ0v) is 14.4. The maximum Gasteiger partial charge on any atom is 0.274 e. The molecule has 0 aliphatic heterocycles. The van der Waals surface area contributed by atoms with Crippen molar-refractivity contribution in [2.75, 3.05) is 10.6 Å². The van der Waals surface area contributed by atoms with Crippen LogP contribution in [-0.4, -0.2) is 10.9 Å². The molecule has 0 fully saturated rings. The molecule has 0 bridgehead atoms. The number of benzene rings is 2. The smallest absolute Gasteiger partial charge is 0.274 e. The quantitative estimate of drug-likeness (QED) is 0.720. The topological polar surface area (TPSA) is 54.0 Å². The van der Waals surface area contributed by atoms with Crippen LogP contribution in [0, 0.1) is 13.8 Å². The van der Waals surface area contributed by atoms with Crippen molar-refractivity contribution in [1.82, 2.24) is 4.98 Å². The standard InChI is InChI=1S/C21H21N3O/c1-15-10-16(2)12-19(11-15)24-21(25)20-9-8-18(14-23-20)22-13-17-6-4-3-5-7-17/h3-12,14,22H,13H2,1-2H3,(H,24,25). The highest BCUT2D eigenvalue weighted by atomic mass is 16.1. The van der Waals surface area contributed by atoms with Gasteiger partial charge in [-0.25, -0.2) is 4.98 Å². The Labute approximate surface area is 147 Å². The number of hydrogen-bond donors (Lipinski definition) is 2. The lowest BCUT2D eigenvalue weighted by Gasteiger charge is -2.09. The monoisotopic (exact) mass is 331 g/mol. The maximum atomic E-state index is 12.3. The van der Waals surface area contributed by atoms with Gasteiger partial charge in [-0.2, -0.15) is 0 Å². The number of hydrogen-bond acceptors (Lipinski definition) is 3. The van der Waals surface area contributed by atoms with Crippen LogP contribution in [0.15, 0.2) is 66.9 Å². The van der Waals surface area contributed by atoms with Crippen LogP contribution in [0.1, 0.15) is 27.2 Å². The van der Waals surface area contributed by atoms with Crippen molar-refractivity contribution in [3.05, 3.63) is 89.2 Å². The van der Waals surface area contributed by atoms with Gasteiger partial charge in [0.2, 0.25) is 0 Å². The molecule has 4 nitrogen and oxygen atoms in total. The summed E-state index contributed by atoms with van der Waals surface area (Å²) in [5.41, 5.74) is 5.48. The number of anilines is 2. The first kappa shape index (κ1) is 16.7. The first-order valence-electron chi connectivity index (χ1n) is 8.24. The summed E-state index contributed by atoms with van der Waals surface area (Å²) in [5.74, 6) is -0.209. The predicted molar refractivity (Wildman–Crippen MR) is 102 cm³/mol. The average molecular weight is 331 g/mol. The molecule has 25 heavy (non-hydrogen) atoms. The van der Waals surface area contributed by atoms with E-state index in [-0.39, 0.29) is 5.91 Å². The van der Waals surface area contributed by atoms with E-state index in [0.29, 0.717) is 5.69 Å². The molecule has 0 spiro atoms. The molecule has 1 aromatic heterocycles. The minimum atomic E-state index is -0.209. The Morgan fingerprint density at radius 2 is 1.64 bits per heavy atom. The highest BCUT2D eigenvalue weighted by Crippen LogP contribution is 2.15. The van der Waals surface area contributed by atoms with Crippen LogP contribution in [0.25, 0.3) is 0 Å². The van der Waals surface area contributed by atoms with Gasteiger partial charge in [0.1, 0.15) is 5.69 Å². The van der Waals surface area contributed by atoms with Gasteiger partial charge in [0.05, 0.1) is 11.9 Å². The number of nitrogens with one attached hydrogen (secondary N) is 2. The third-order valence-corrected chi connectivity index (χ3v) is 3.82. The lowest BCUT2D eigenvalue weighted by atomic mass is 10.1. The third-order valence-electron chi connectivity index (χ3n) is 3.82. The lowest BCUT2D eigenvalue weighted by Crippen LogP contribution is -2.14. The first-order valence-corrected chi connectivity index (χ1v) is 8.24. The summed E-state index contributed by atoms with van der Waals surface area (Å²) in [6.07, 6.45) is 1.68. The van der Waals surface area contributed by atoms with Gasteiger partial charge in [-0.05, 0) is 54.8 Å². The van der Waals surface area contributed by atoms with E-state index in [1.807, 2.05) is 50.2 Å². The average Bonchev–Trinajstić information content (AvgIpc) is 2.60. The normalized spacial score (nSPS) is 10.3. The molecule has 1 heterocycles. The van der Waals surface area contributed by atoms with E-state index >= 15 is 0 Å². The minimum Gasteiger partial charge on any atom is -0.380 e. The maximum absolute atomic E-state index is 12.3. The molecule has 3 aromatic rings. The molecule has 1 amide bonds. The molecular formula is C21H21N3O. The van der Waals surface area contributed by atoms with Crippen molar-refractivity contribution >= 4 is 17.3 Å². The lowest BCUT2D eigenvalue weighted by molar-refractivity contribution is 0.102. The fraction of sp³-hybridized carbons (Fsp3) is 0.143. The van der Waals surface area contributed by atoms with Crippen molar-refractivity contribution in [1.29, 1.82) is 0 Å². The summed E-state index contributed by atoms with van der Waals surface area (Å²) in [5, 5.41) is 6.19. The van der Waals surface area contributed by atoms with Gasteiger partial charge < -0.3 is 10.6 Å². The van der Waals surface area contributed by atoms with E-state index in [2.05, 4.69) is 33.8 Å². The summed E-state index contributed by atoms with van der Waals surface area (Å²) < 4.78 is 0. The summed E-state index contributed by atoms with van der Waals surface area (Å²) in [7, 11) is 0. The van der Waals surface area contributed by atoms with E-state index in [4.69, 9.17) is 0 Å². The number of nitrogens with zero attached hydrogens (tertiary/aromatic N) is 1. The summed E-state index contributed by atoms with van der Waals surface area (Å²) in [6.45, 7) is 4.73. The van der Waals surface area contributed by atoms with Crippen LogP contribution in [0.5, 0.6) is 0 Å². The molecule has 0 radical (unpaired) electrons. The molecule has 0 saturated carbocycles. The molecule has 2 aromatic carbocycles. The number of carbonyl (C=O) groups excluding carboxylic acids is 1. The molecule has 0 aliphatic rings. The van der Waals surface area contributed by atoms with Gasteiger partial charge in [0.15, 0.2) is 0 Å². The summed E-state index contributed by atoms with van der Waals surface area (Å²) >= 11 is 0. The van der Waals surface area contributed by atoms with Crippen LogP contribution in [0.4, 0.5) is 11.4 Å². The fourth-order valence-corrected chi connectivity index (χ4v) is 2.67. The zero-order valence-electron chi connectivity index (χ0n) is 14.4. The van der Waals surface area contributed by atoms with Gasteiger partial charge in [-0.15, -0.1) is 0 Å². The Morgan fingerprint density at radius 1 is 0.920 bits per heavy atom. The second-order valence-corrected chi connectivity index (χ2v) is 6.10. The van der Waals surface area contributed by atoms with Gasteiger partial charge in [0.25, 0.3) is 5.91 Å². The van der Waals surface area contributed by atoms with Crippen LogP contribution >= 0.6 is 0 Å². The molecule has 0 saturated heterocycles. The largest absolute Gasteiger partial charge is 0.380 e. The number of aryl methyl sites for hydroxylation is 2. The Balaban J connectivity index is 1.62. The number of rotatable bonds is 5. The molecule has 0 aliphatic carbocycles. The molecule has 3 rings (SSSR count). The molecule has 0 atom stereocenters.